The van der Waals surface area contributed by atoms with Gasteiger partial charge in [0.25, 0.3) is 5.91 Å². The van der Waals surface area contributed by atoms with Crippen LogP contribution >= 0.6 is 11.3 Å². The number of allylic oxidation sites excluding steroid dienone is 3. The van der Waals surface area contributed by atoms with Crippen LogP contribution in [0.2, 0.25) is 0 Å². The number of alkyl halides is 2. The Kier molecular flexibility index (Phi) is 6.57. The predicted molar refractivity (Wildman–Crippen MR) is 146 cm³/mol. The Morgan fingerprint density at radius 1 is 1.23 bits per heavy atom. The summed E-state index contributed by atoms with van der Waals surface area (Å²) in [5, 5.41) is 7.17. The van der Waals surface area contributed by atoms with Crippen molar-refractivity contribution >= 4 is 34.2 Å². The number of fused-ring (bicyclic) bond motifs is 1. The first-order chi connectivity index (χ1) is 19.3. The van der Waals surface area contributed by atoms with E-state index in [1.54, 1.807) is 7.05 Å². The molecule has 12 heteroatoms. The number of hydrogen-bond donors (Lipinski definition) is 1. The van der Waals surface area contributed by atoms with Gasteiger partial charge in [0.15, 0.2) is 17.5 Å². The van der Waals surface area contributed by atoms with Gasteiger partial charge in [-0.05, 0) is 62.6 Å². The van der Waals surface area contributed by atoms with E-state index in [0.29, 0.717) is 45.6 Å². The highest BCUT2D eigenvalue weighted by Crippen LogP contribution is 2.40. The summed E-state index contributed by atoms with van der Waals surface area (Å²) in [7, 11) is 1.55. The monoisotopic (exact) mass is 564 g/mol. The summed E-state index contributed by atoms with van der Waals surface area (Å²) in [5.41, 5.74) is 4.16. The topological polar surface area (TPSA) is 106 Å². The Bertz CT molecular complexity index is 1680. The van der Waals surface area contributed by atoms with Crippen LogP contribution in [0.15, 0.2) is 52.8 Å². The van der Waals surface area contributed by atoms with Gasteiger partial charge in [-0.2, -0.15) is 0 Å². The molecular formula is C28H26F2N6O3S. The van der Waals surface area contributed by atoms with Crippen LogP contribution in [0.5, 0.6) is 0 Å². The lowest BCUT2D eigenvalue weighted by atomic mass is 9.97. The Labute approximate surface area is 232 Å². The number of imidazole rings is 1. The highest BCUT2D eigenvalue weighted by molar-refractivity contribution is 7.16. The molecule has 1 aliphatic carbocycles. The highest BCUT2D eigenvalue weighted by atomic mass is 32.1. The van der Waals surface area contributed by atoms with E-state index in [0.717, 1.165) is 34.5 Å². The number of rotatable bonds is 5. The average Bonchev–Trinajstić information content (AvgIpc) is 3.66. The number of carbonyl (C=O) groups is 2. The maximum atomic E-state index is 14.4. The van der Waals surface area contributed by atoms with Crippen molar-refractivity contribution in [2.24, 2.45) is 0 Å². The molecular weight excluding hydrogens is 538 g/mol. The van der Waals surface area contributed by atoms with Crippen molar-refractivity contribution in [2.75, 3.05) is 7.05 Å². The summed E-state index contributed by atoms with van der Waals surface area (Å²) in [4.78, 5) is 37.0. The molecule has 1 fully saturated rings. The molecule has 3 aromatic heterocycles. The lowest BCUT2D eigenvalue weighted by Crippen LogP contribution is -2.39. The van der Waals surface area contributed by atoms with Crippen molar-refractivity contribution in [2.45, 2.75) is 51.5 Å². The van der Waals surface area contributed by atoms with Gasteiger partial charge in [-0.25, -0.2) is 18.7 Å². The smallest absolute Gasteiger partial charge is 0.262 e. The number of nitrogens with one attached hydrogen (secondary N) is 1. The van der Waals surface area contributed by atoms with Crippen molar-refractivity contribution in [1.82, 2.24) is 29.9 Å². The third-order valence-electron chi connectivity index (χ3n) is 7.25. The Morgan fingerprint density at radius 3 is 2.77 bits per heavy atom. The van der Waals surface area contributed by atoms with E-state index in [1.807, 2.05) is 36.6 Å². The second kappa shape index (κ2) is 10.1. The molecule has 1 aromatic carbocycles. The van der Waals surface area contributed by atoms with E-state index in [9.17, 15) is 18.4 Å². The number of aromatic nitrogens is 4. The van der Waals surface area contributed by atoms with Crippen LogP contribution in [-0.4, -0.2) is 55.8 Å². The molecule has 4 aromatic rings. The average molecular weight is 565 g/mol. The number of nitrogens with zero attached hydrogens (tertiary/aromatic N) is 5. The first-order valence-electron chi connectivity index (χ1n) is 12.9. The van der Waals surface area contributed by atoms with Crippen molar-refractivity contribution in [3.05, 3.63) is 70.5 Å². The van der Waals surface area contributed by atoms with E-state index < -0.39 is 18.4 Å². The summed E-state index contributed by atoms with van der Waals surface area (Å²) in [6.45, 7) is 3.71. The fourth-order valence-corrected chi connectivity index (χ4v) is 6.26. The number of amides is 2. The minimum Gasteiger partial charge on any atom is -0.361 e. The standard InChI is InChI=1S/C28H26F2N6O3S/c1-14-25(15(2)39-34-14)16-7-10-21-20(11-16)33-26(36(21)28-32-13-23(40-28)27(38)31-3)22-5-4-6-24(37)35(22)17-8-9-18(29)19(30)12-17/h7-13,18-19,22H,4-6H2,1-3H3,(H,31,38)/t18?,19?,22-/m0/s1. The third kappa shape index (κ3) is 4.32. The van der Waals surface area contributed by atoms with Gasteiger partial charge >= 0.3 is 0 Å². The molecule has 0 radical (unpaired) electrons. The molecule has 1 N–H and O–H groups in total. The molecule has 0 saturated carbocycles. The molecule has 2 unspecified atom stereocenters. The van der Waals surface area contributed by atoms with Gasteiger partial charge in [-0.1, -0.05) is 22.6 Å². The van der Waals surface area contributed by atoms with Crippen LogP contribution < -0.4 is 5.32 Å². The number of aryl methyl sites for hydroxylation is 2. The van der Waals surface area contributed by atoms with E-state index in [1.165, 1.54) is 28.5 Å². The maximum Gasteiger partial charge on any atom is 0.262 e. The molecule has 4 heterocycles. The molecule has 3 atom stereocenters. The minimum absolute atomic E-state index is 0.197. The van der Waals surface area contributed by atoms with Gasteiger partial charge < -0.3 is 14.7 Å². The Morgan fingerprint density at radius 2 is 2.05 bits per heavy atom. The van der Waals surface area contributed by atoms with Crippen LogP contribution in [0.3, 0.4) is 0 Å². The van der Waals surface area contributed by atoms with Crippen LogP contribution in [0.25, 0.3) is 27.3 Å². The second-order valence-corrected chi connectivity index (χ2v) is 10.8. The minimum atomic E-state index is -1.85. The highest BCUT2D eigenvalue weighted by Gasteiger charge is 2.37. The quantitative estimate of drug-likeness (QED) is 0.353. The van der Waals surface area contributed by atoms with E-state index in [2.05, 4.69) is 15.5 Å². The number of thiazole rings is 1. The van der Waals surface area contributed by atoms with Gasteiger partial charge in [-0.3, -0.25) is 14.2 Å². The lowest BCUT2D eigenvalue weighted by Gasteiger charge is -2.37. The molecule has 2 aliphatic rings. The molecule has 2 amide bonds. The normalized spacial score (nSPS) is 21.2. The number of hydrogen-bond acceptors (Lipinski definition) is 7. The van der Waals surface area contributed by atoms with Crippen molar-refractivity contribution in [1.29, 1.82) is 0 Å². The SMILES string of the molecule is CNC(=O)c1cnc(-n2c([C@@H]3CCCC(=O)N3C3=CC(F)C(F)C=C3)nc3cc(-c4c(C)noc4C)ccc32)s1. The maximum absolute atomic E-state index is 14.4. The van der Waals surface area contributed by atoms with Crippen LogP contribution in [0, 0.1) is 13.8 Å². The zero-order valence-corrected chi connectivity index (χ0v) is 22.8. The zero-order valence-electron chi connectivity index (χ0n) is 22.0. The van der Waals surface area contributed by atoms with Gasteiger partial charge in [0.05, 0.1) is 29.0 Å². The second-order valence-electron chi connectivity index (χ2n) is 9.81. The van der Waals surface area contributed by atoms with Crippen molar-refractivity contribution in [3.8, 4) is 16.3 Å². The fraction of sp³-hybridized carbons (Fsp3) is 0.321. The van der Waals surface area contributed by atoms with Gasteiger partial charge in [0.1, 0.15) is 16.5 Å². The molecule has 0 bridgehead atoms. The van der Waals surface area contributed by atoms with E-state index >= 15 is 0 Å². The number of benzene rings is 1. The number of likely N-dealkylation sites (tertiary alicyclic amines) is 1. The molecule has 9 nitrogen and oxygen atoms in total. The van der Waals surface area contributed by atoms with Crippen molar-refractivity contribution < 1.29 is 22.9 Å². The molecule has 1 aliphatic heterocycles. The largest absolute Gasteiger partial charge is 0.361 e. The predicted octanol–water partition coefficient (Wildman–Crippen LogP) is 5.30. The molecule has 206 valence electrons. The van der Waals surface area contributed by atoms with Gasteiger partial charge in [0, 0.05) is 24.7 Å². The van der Waals surface area contributed by atoms with Gasteiger partial charge in [-0.15, -0.1) is 0 Å². The summed E-state index contributed by atoms with van der Waals surface area (Å²) in [6.07, 6.45) is 3.08. The molecule has 6 rings (SSSR count). The molecule has 0 spiro atoms. The number of piperidine rings is 1. The lowest BCUT2D eigenvalue weighted by molar-refractivity contribution is -0.134. The van der Waals surface area contributed by atoms with Crippen LogP contribution in [0.1, 0.15) is 52.3 Å². The summed E-state index contributed by atoms with van der Waals surface area (Å²) >= 11 is 1.19. The first-order valence-corrected chi connectivity index (χ1v) is 13.7. The summed E-state index contributed by atoms with van der Waals surface area (Å²) in [6, 6.07) is 5.21. The first kappa shape index (κ1) is 26.1. The fourth-order valence-electron chi connectivity index (χ4n) is 5.38. The zero-order chi connectivity index (χ0) is 28.1. The molecule has 1 saturated heterocycles. The number of halogens is 2. The van der Waals surface area contributed by atoms with Crippen molar-refractivity contribution in [3.63, 3.8) is 0 Å². The Hall–Kier alpha value is -4.19. The summed E-state index contributed by atoms with van der Waals surface area (Å²) in [5.74, 6) is 0.733. The van der Waals surface area contributed by atoms with Crippen LogP contribution in [0.4, 0.5) is 8.78 Å². The third-order valence-corrected chi connectivity index (χ3v) is 8.23. The van der Waals surface area contributed by atoms with E-state index in [4.69, 9.17) is 9.51 Å². The van der Waals surface area contributed by atoms with E-state index in [-0.39, 0.29) is 18.2 Å². The summed E-state index contributed by atoms with van der Waals surface area (Å²) < 4.78 is 35.5. The Balaban J connectivity index is 1.54. The van der Waals surface area contributed by atoms with Crippen LogP contribution in [-0.2, 0) is 4.79 Å². The van der Waals surface area contributed by atoms with Gasteiger partial charge in [0.2, 0.25) is 5.91 Å². The molecule has 40 heavy (non-hydrogen) atoms. The number of carbonyl (C=O) groups excluding carboxylic acids is 2.